The number of nitrogens with one attached hydrogen (secondary N) is 1. The molecule has 0 aliphatic carbocycles. The van der Waals surface area contributed by atoms with Gasteiger partial charge in [0, 0.05) is 38.6 Å². The first-order valence-electron chi connectivity index (χ1n) is 5.93. The van der Waals surface area contributed by atoms with E-state index in [0.29, 0.717) is 5.92 Å². The zero-order chi connectivity index (χ0) is 11.8. The summed E-state index contributed by atoms with van der Waals surface area (Å²) in [6.07, 6.45) is 5.10. The van der Waals surface area contributed by atoms with Crippen molar-refractivity contribution in [3.8, 4) is 0 Å². The highest BCUT2D eigenvalue weighted by Gasteiger charge is 2.00. The maximum atomic E-state index is 4.99. The average molecular weight is 262 g/mol. The van der Waals surface area contributed by atoms with Crippen LogP contribution in [-0.4, -0.2) is 30.0 Å². The maximum Gasteiger partial charge on any atom is 0.0534 e. The minimum atomic E-state index is 0. The van der Waals surface area contributed by atoms with E-state index in [0.717, 1.165) is 32.7 Å². The third kappa shape index (κ3) is 7.36. The van der Waals surface area contributed by atoms with Gasteiger partial charge in [0.1, 0.15) is 0 Å². The quantitative estimate of drug-likeness (QED) is 0.729. The van der Waals surface area contributed by atoms with Crippen LogP contribution >= 0.6 is 12.4 Å². The number of halogens is 1. The fourth-order valence-electron chi connectivity index (χ4n) is 1.55. The Morgan fingerprint density at radius 1 is 1.47 bits per heavy atom. The van der Waals surface area contributed by atoms with Gasteiger partial charge in [0.25, 0.3) is 0 Å². The minimum Gasteiger partial charge on any atom is -0.385 e. The second kappa shape index (κ2) is 9.45. The molecule has 0 saturated heterocycles. The topological polar surface area (TPSA) is 39.1 Å². The summed E-state index contributed by atoms with van der Waals surface area (Å²) >= 11 is 0. The van der Waals surface area contributed by atoms with Crippen molar-refractivity contribution in [1.82, 2.24) is 15.1 Å². The first-order chi connectivity index (χ1) is 7.72. The van der Waals surface area contributed by atoms with Crippen molar-refractivity contribution in [2.75, 3.05) is 20.3 Å². The molecular weight excluding hydrogens is 238 g/mol. The van der Waals surface area contributed by atoms with Gasteiger partial charge in [-0.25, -0.2) is 0 Å². The van der Waals surface area contributed by atoms with Gasteiger partial charge in [-0.05, 0) is 18.9 Å². The predicted octanol–water partition coefficient (Wildman–Crippen LogP) is 2.09. The van der Waals surface area contributed by atoms with Gasteiger partial charge in [-0.2, -0.15) is 5.10 Å². The van der Waals surface area contributed by atoms with E-state index < -0.39 is 0 Å². The van der Waals surface area contributed by atoms with E-state index in [1.807, 2.05) is 10.9 Å². The van der Waals surface area contributed by atoms with E-state index in [4.69, 9.17) is 4.74 Å². The molecule has 0 amide bonds. The number of aromatic nitrogens is 2. The molecule has 1 aromatic rings. The zero-order valence-electron chi connectivity index (χ0n) is 11.0. The molecular formula is C12H24ClN3O. The summed E-state index contributed by atoms with van der Waals surface area (Å²) in [4.78, 5) is 0. The van der Waals surface area contributed by atoms with Gasteiger partial charge < -0.3 is 10.1 Å². The summed E-state index contributed by atoms with van der Waals surface area (Å²) in [5, 5.41) is 7.69. The summed E-state index contributed by atoms with van der Waals surface area (Å²) in [5.41, 5.74) is 1.25. The highest BCUT2D eigenvalue weighted by atomic mass is 35.5. The number of rotatable bonds is 8. The van der Waals surface area contributed by atoms with Crippen LogP contribution in [0.1, 0.15) is 25.8 Å². The summed E-state index contributed by atoms with van der Waals surface area (Å²) in [5.74, 6) is 0.641. The average Bonchev–Trinajstić information content (AvgIpc) is 2.64. The normalized spacial score (nSPS) is 10.6. The van der Waals surface area contributed by atoms with Crippen LogP contribution in [0, 0.1) is 5.92 Å². The Morgan fingerprint density at radius 3 is 2.88 bits per heavy atom. The lowest BCUT2D eigenvalue weighted by Crippen LogP contribution is -2.15. The van der Waals surface area contributed by atoms with Gasteiger partial charge in [0.2, 0.25) is 0 Å². The molecule has 1 aromatic heterocycles. The molecule has 17 heavy (non-hydrogen) atoms. The molecule has 0 unspecified atom stereocenters. The van der Waals surface area contributed by atoms with E-state index in [9.17, 15) is 0 Å². The molecule has 0 aliphatic rings. The molecule has 0 aliphatic heterocycles. The van der Waals surface area contributed by atoms with Crippen molar-refractivity contribution in [1.29, 1.82) is 0 Å². The van der Waals surface area contributed by atoms with Crippen molar-refractivity contribution in [2.24, 2.45) is 5.92 Å². The lowest BCUT2D eigenvalue weighted by Gasteiger charge is -2.04. The Kier molecular flexibility index (Phi) is 9.13. The fraction of sp³-hybridized carbons (Fsp3) is 0.750. The molecule has 0 atom stereocenters. The smallest absolute Gasteiger partial charge is 0.0534 e. The molecule has 5 heteroatoms. The molecule has 0 aromatic carbocycles. The SMILES string of the molecule is COCCCNCc1cnn(CC(C)C)c1.Cl. The zero-order valence-corrected chi connectivity index (χ0v) is 11.8. The molecule has 0 fully saturated rings. The van der Waals surface area contributed by atoms with Crippen LogP contribution in [0.2, 0.25) is 0 Å². The van der Waals surface area contributed by atoms with Gasteiger partial charge in [-0.15, -0.1) is 12.4 Å². The van der Waals surface area contributed by atoms with Crippen molar-refractivity contribution in [3.63, 3.8) is 0 Å². The van der Waals surface area contributed by atoms with Crippen molar-refractivity contribution < 1.29 is 4.74 Å². The van der Waals surface area contributed by atoms with Crippen LogP contribution in [0.3, 0.4) is 0 Å². The highest BCUT2D eigenvalue weighted by molar-refractivity contribution is 5.85. The van der Waals surface area contributed by atoms with Gasteiger partial charge in [0.15, 0.2) is 0 Å². The minimum absolute atomic E-state index is 0. The summed E-state index contributed by atoms with van der Waals surface area (Å²) in [6, 6.07) is 0. The van der Waals surface area contributed by atoms with E-state index in [1.54, 1.807) is 7.11 Å². The van der Waals surface area contributed by atoms with E-state index in [2.05, 4.69) is 30.5 Å². The highest BCUT2D eigenvalue weighted by Crippen LogP contribution is 2.01. The molecule has 0 bridgehead atoms. The second-order valence-corrected chi connectivity index (χ2v) is 4.49. The molecule has 1 rings (SSSR count). The summed E-state index contributed by atoms with van der Waals surface area (Å²) < 4.78 is 7.00. The van der Waals surface area contributed by atoms with Crippen LogP contribution in [0.5, 0.6) is 0 Å². The van der Waals surface area contributed by atoms with Crippen LogP contribution in [0.15, 0.2) is 12.4 Å². The number of hydrogen-bond acceptors (Lipinski definition) is 3. The fourth-order valence-corrected chi connectivity index (χ4v) is 1.55. The van der Waals surface area contributed by atoms with Crippen LogP contribution < -0.4 is 5.32 Å². The Morgan fingerprint density at radius 2 is 2.24 bits per heavy atom. The molecule has 1 heterocycles. The molecule has 1 N–H and O–H groups in total. The monoisotopic (exact) mass is 261 g/mol. The molecule has 4 nitrogen and oxygen atoms in total. The number of nitrogens with zero attached hydrogens (tertiary/aromatic N) is 2. The maximum absolute atomic E-state index is 4.99. The lowest BCUT2D eigenvalue weighted by molar-refractivity contribution is 0.194. The van der Waals surface area contributed by atoms with Gasteiger partial charge in [-0.1, -0.05) is 13.8 Å². The Bertz CT molecular complexity index is 289. The molecule has 0 spiro atoms. The number of methoxy groups -OCH3 is 1. The van der Waals surface area contributed by atoms with Gasteiger partial charge >= 0.3 is 0 Å². The van der Waals surface area contributed by atoms with Crippen molar-refractivity contribution >= 4 is 12.4 Å². The number of ether oxygens (including phenoxy) is 1. The third-order valence-electron chi connectivity index (χ3n) is 2.27. The van der Waals surface area contributed by atoms with Gasteiger partial charge in [-0.3, -0.25) is 4.68 Å². The second-order valence-electron chi connectivity index (χ2n) is 4.49. The van der Waals surface area contributed by atoms with Crippen LogP contribution in [0.25, 0.3) is 0 Å². The third-order valence-corrected chi connectivity index (χ3v) is 2.27. The van der Waals surface area contributed by atoms with E-state index >= 15 is 0 Å². The molecule has 0 saturated carbocycles. The molecule has 0 radical (unpaired) electrons. The first kappa shape index (κ1) is 16.4. The summed E-state index contributed by atoms with van der Waals surface area (Å²) in [7, 11) is 1.73. The number of hydrogen-bond donors (Lipinski definition) is 1. The Hall–Kier alpha value is -0.580. The Balaban J connectivity index is 0.00000256. The van der Waals surface area contributed by atoms with Crippen molar-refractivity contribution in [2.45, 2.75) is 33.4 Å². The summed E-state index contributed by atoms with van der Waals surface area (Å²) in [6.45, 7) is 8.09. The first-order valence-corrected chi connectivity index (χ1v) is 5.93. The van der Waals surface area contributed by atoms with E-state index in [-0.39, 0.29) is 12.4 Å². The molecule has 100 valence electrons. The standard InChI is InChI=1S/C12H23N3O.ClH/c1-11(2)9-15-10-12(8-14-15)7-13-5-4-6-16-3;/h8,10-11,13H,4-7,9H2,1-3H3;1H. The van der Waals surface area contributed by atoms with E-state index in [1.165, 1.54) is 5.56 Å². The largest absolute Gasteiger partial charge is 0.385 e. The van der Waals surface area contributed by atoms with Crippen molar-refractivity contribution in [3.05, 3.63) is 18.0 Å². The van der Waals surface area contributed by atoms with Crippen LogP contribution in [-0.2, 0) is 17.8 Å². The Labute approximate surface area is 110 Å². The predicted molar refractivity (Wildman–Crippen MR) is 72.5 cm³/mol. The lowest BCUT2D eigenvalue weighted by atomic mass is 10.2. The van der Waals surface area contributed by atoms with Crippen LogP contribution in [0.4, 0.5) is 0 Å². The van der Waals surface area contributed by atoms with Gasteiger partial charge in [0.05, 0.1) is 6.20 Å².